The summed E-state index contributed by atoms with van der Waals surface area (Å²) in [5.74, 6) is 0.938. The highest BCUT2D eigenvalue weighted by Crippen LogP contribution is 2.36. The minimum atomic E-state index is -3.93. The summed E-state index contributed by atoms with van der Waals surface area (Å²) < 4.78 is 39.7. The summed E-state index contributed by atoms with van der Waals surface area (Å²) in [6, 6.07) is 8.03. The van der Waals surface area contributed by atoms with Gasteiger partial charge in [0.2, 0.25) is 0 Å². The molecule has 0 spiro atoms. The number of benzene rings is 2. The summed E-state index contributed by atoms with van der Waals surface area (Å²) in [5, 5.41) is 0.276. The molecule has 28 heavy (non-hydrogen) atoms. The first-order valence-electron chi connectivity index (χ1n) is 8.54. The number of imidazole rings is 1. The van der Waals surface area contributed by atoms with Gasteiger partial charge < -0.3 is 14.5 Å². The first-order chi connectivity index (χ1) is 13.4. The molecule has 1 unspecified atom stereocenters. The Hall–Kier alpha value is -1.81. The monoisotopic (exact) mass is 485 g/mol. The molecule has 2 aromatic carbocycles. The Balaban J connectivity index is 1.67. The number of nitrogens with zero attached hydrogens (tertiary/aromatic N) is 1. The van der Waals surface area contributed by atoms with Gasteiger partial charge in [-0.3, -0.25) is 4.72 Å². The van der Waals surface area contributed by atoms with Crippen LogP contribution in [-0.2, 0) is 14.8 Å². The molecule has 3 aromatic rings. The lowest BCUT2D eigenvalue weighted by Gasteiger charge is -2.13. The second kappa shape index (κ2) is 7.55. The Morgan fingerprint density at radius 3 is 2.89 bits per heavy atom. The van der Waals surface area contributed by atoms with E-state index in [-0.39, 0.29) is 21.8 Å². The molecule has 0 amide bonds. The molecular formula is C18H17BrClN3O4S. The molecule has 7 nitrogen and oxygen atoms in total. The third-order valence-electron chi connectivity index (χ3n) is 4.46. The second-order valence-corrected chi connectivity index (χ2v) is 9.32. The summed E-state index contributed by atoms with van der Waals surface area (Å²) >= 11 is 9.31. The fourth-order valence-corrected chi connectivity index (χ4v) is 5.62. The fraction of sp³-hybridized carbons (Fsp3) is 0.278. The molecule has 0 radical (unpaired) electrons. The van der Waals surface area contributed by atoms with Gasteiger partial charge in [0.25, 0.3) is 10.0 Å². The first-order valence-corrected chi connectivity index (χ1v) is 11.2. The van der Waals surface area contributed by atoms with Gasteiger partial charge in [-0.2, -0.15) is 0 Å². The van der Waals surface area contributed by atoms with Crippen LogP contribution >= 0.6 is 27.5 Å². The summed E-state index contributed by atoms with van der Waals surface area (Å²) in [5.41, 5.74) is 1.87. The van der Waals surface area contributed by atoms with E-state index in [1.807, 2.05) is 0 Å². The highest BCUT2D eigenvalue weighted by atomic mass is 79.9. The van der Waals surface area contributed by atoms with Gasteiger partial charge in [0.05, 0.1) is 28.3 Å². The molecule has 0 saturated carbocycles. The number of H-pyrrole nitrogens is 1. The Labute approximate surface area is 175 Å². The van der Waals surface area contributed by atoms with Crippen LogP contribution in [0.25, 0.3) is 11.0 Å². The van der Waals surface area contributed by atoms with Crippen molar-refractivity contribution in [1.82, 2.24) is 9.97 Å². The molecule has 0 bridgehead atoms. The summed E-state index contributed by atoms with van der Waals surface area (Å²) in [7, 11) is -2.53. The third kappa shape index (κ3) is 3.71. The molecule has 0 aliphatic carbocycles. The van der Waals surface area contributed by atoms with Crippen molar-refractivity contribution in [3.8, 4) is 5.75 Å². The maximum absolute atomic E-state index is 12.9. The minimum absolute atomic E-state index is 0.0411. The third-order valence-corrected chi connectivity index (χ3v) is 6.65. The van der Waals surface area contributed by atoms with Gasteiger partial charge in [-0.15, -0.1) is 0 Å². The van der Waals surface area contributed by atoms with Crippen LogP contribution in [0.1, 0.15) is 24.8 Å². The van der Waals surface area contributed by atoms with Gasteiger partial charge in [0.15, 0.2) is 5.75 Å². The first kappa shape index (κ1) is 19.5. The van der Waals surface area contributed by atoms with Crippen molar-refractivity contribution in [1.29, 1.82) is 0 Å². The maximum atomic E-state index is 12.9. The zero-order chi connectivity index (χ0) is 19.9. The Bertz CT molecular complexity index is 1140. The Morgan fingerprint density at radius 1 is 1.36 bits per heavy atom. The molecule has 4 rings (SSSR count). The smallest absolute Gasteiger partial charge is 0.265 e. The van der Waals surface area contributed by atoms with Crippen molar-refractivity contribution in [2.24, 2.45) is 0 Å². The number of fused-ring (bicyclic) bond motifs is 1. The van der Waals surface area contributed by atoms with Crippen LogP contribution in [-0.4, -0.2) is 32.1 Å². The van der Waals surface area contributed by atoms with Crippen LogP contribution in [0.3, 0.4) is 0 Å². The standard InChI is InChI=1S/C18H17BrClN3O4S/c1-26-17-12(19)7-10(20)8-16(17)28(24,25)23-11-4-5-13-14(9-11)22-18(21-13)15-3-2-6-27-15/h4-5,7-9,15,23H,2-3,6H2,1H3,(H,21,22). The normalized spacial score (nSPS) is 17.2. The second-order valence-electron chi connectivity index (χ2n) is 6.38. The number of anilines is 1. The average molecular weight is 487 g/mol. The number of hydrogen-bond acceptors (Lipinski definition) is 5. The highest BCUT2D eigenvalue weighted by Gasteiger charge is 2.24. The molecular weight excluding hydrogens is 470 g/mol. The van der Waals surface area contributed by atoms with Crippen LogP contribution in [0.2, 0.25) is 5.02 Å². The van der Waals surface area contributed by atoms with Gasteiger partial charge in [-0.05, 0) is 59.1 Å². The van der Waals surface area contributed by atoms with E-state index in [1.54, 1.807) is 24.3 Å². The van der Waals surface area contributed by atoms with E-state index in [9.17, 15) is 8.42 Å². The van der Waals surface area contributed by atoms with Gasteiger partial charge in [0.1, 0.15) is 16.8 Å². The van der Waals surface area contributed by atoms with Gasteiger partial charge in [-0.25, -0.2) is 13.4 Å². The fourth-order valence-electron chi connectivity index (χ4n) is 3.18. The van der Waals surface area contributed by atoms with Crippen LogP contribution in [0.4, 0.5) is 5.69 Å². The summed E-state index contributed by atoms with van der Waals surface area (Å²) in [4.78, 5) is 7.70. The molecule has 1 fully saturated rings. The van der Waals surface area contributed by atoms with Gasteiger partial charge >= 0.3 is 0 Å². The number of nitrogens with one attached hydrogen (secondary N) is 2. The molecule has 148 valence electrons. The molecule has 2 heterocycles. The van der Waals surface area contributed by atoms with E-state index in [0.717, 1.165) is 36.3 Å². The topological polar surface area (TPSA) is 93.3 Å². The molecule has 1 aliphatic rings. The lowest BCUT2D eigenvalue weighted by molar-refractivity contribution is 0.106. The van der Waals surface area contributed by atoms with Crippen molar-refractivity contribution >= 4 is 54.3 Å². The van der Waals surface area contributed by atoms with E-state index < -0.39 is 10.0 Å². The number of halogens is 2. The minimum Gasteiger partial charge on any atom is -0.494 e. The predicted octanol–water partition coefficient (Wildman–Crippen LogP) is 4.64. The summed E-state index contributed by atoms with van der Waals surface area (Å²) in [6.07, 6.45) is 1.88. The van der Waals surface area contributed by atoms with Crippen molar-refractivity contribution in [3.63, 3.8) is 0 Å². The molecule has 10 heteroatoms. The van der Waals surface area contributed by atoms with Crippen LogP contribution < -0.4 is 9.46 Å². The molecule has 1 aromatic heterocycles. The molecule has 2 N–H and O–H groups in total. The van der Waals surface area contributed by atoms with E-state index in [4.69, 9.17) is 21.1 Å². The molecule has 1 atom stereocenters. The largest absolute Gasteiger partial charge is 0.494 e. The highest BCUT2D eigenvalue weighted by molar-refractivity contribution is 9.10. The molecule has 1 aliphatic heterocycles. The van der Waals surface area contributed by atoms with Crippen molar-refractivity contribution in [2.45, 2.75) is 23.8 Å². The number of sulfonamides is 1. The Morgan fingerprint density at radius 2 is 2.18 bits per heavy atom. The lowest BCUT2D eigenvalue weighted by Crippen LogP contribution is -2.14. The number of rotatable bonds is 5. The van der Waals surface area contributed by atoms with Crippen LogP contribution in [0, 0.1) is 0 Å². The number of ether oxygens (including phenoxy) is 2. The zero-order valence-corrected chi connectivity index (χ0v) is 18.0. The van der Waals surface area contributed by atoms with Gasteiger partial charge in [0, 0.05) is 11.6 Å². The van der Waals surface area contributed by atoms with Crippen molar-refractivity contribution < 1.29 is 17.9 Å². The predicted molar refractivity (Wildman–Crippen MR) is 111 cm³/mol. The van der Waals surface area contributed by atoms with E-state index in [0.29, 0.717) is 10.2 Å². The Kier molecular flexibility index (Phi) is 5.26. The van der Waals surface area contributed by atoms with Crippen molar-refractivity contribution in [3.05, 3.63) is 45.7 Å². The average Bonchev–Trinajstić information content (AvgIpc) is 3.29. The van der Waals surface area contributed by atoms with E-state index >= 15 is 0 Å². The van der Waals surface area contributed by atoms with E-state index in [2.05, 4.69) is 30.6 Å². The zero-order valence-electron chi connectivity index (χ0n) is 14.8. The van der Waals surface area contributed by atoms with Crippen molar-refractivity contribution in [2.75, 3.05) is 18.4 Å². The number of hydrogen-bond donors (Lipinski definition) is 2. The quantitative estimate of drug-likeness (QED) is 0.548. The van der Waals surface area contributed by atoms with E-state index in [1.165, 1.54) is 13.2 Å². The number of methoxy groups -OCH3 is 1. The van der Waals surface area contributed by atoms with Gasteiger partial charge in [-0.1, -0.05) is 11.6 Å². The van der Waals surface area contributed by atoms with Crippen LogP contribution in [0.5, 0.6) is 5.75 Å². The SMILES string of the molecule is COc1c(Br)cc(Cl)cc1S(=O)(=O)Nc1ccc2nc(C3CCCO3)[nH]c2c1. The molecule has 1 saturated heterocycles. The lowest BCUT2D eigenvalue weighted by atomic mass is 10.2. The maximum Gasteiger partial charge on any atom is 0.265 e. The summed E-state index contributed by atoms with van der Waals surface area (Å²) in [6.45, 7) is 0.726. The van der Waals surface area contributed by atoms with Crippen LogP contribution in [0.15, 0.2) is 39.7 Å². The number of aromatic nitrogens is 2. The number of aromatic amines is 1.